The number of carbonyl (C=O) groups is 2. The van der Waals surface area contributed by atoms with Crippen molar-refractivity contribution in [3.05, 3.63) is 54.1 Å². The molecule has 1 aliphatic heterocycles. The van der Waals surface area contributed by atoms with Crippen LogP contribution in [0.5, 0.6) is 5.75 Å². The van der Waals surface area contributed by atoms with Crippen molar-refractivity contribution in [1.82, 2.24) is 4.98 Å². The van der Waals surface area contributed by atoms with Gasteiger partial charge in [0.1, 0.15) is 23.4 Å². The van der Waals surface area contributed by atoms with Crippen molar-refractivity contribution in [2.45, 2.75) is 64.8 Å². The molecule has 2 amide bonds. The predicted molar refractivity (Wildman–Crippen MR) is 121 cm³/mol. The van der Waals surface area contributed by atoms with Crippen LogP contribution in [0.3, 0.4) is 0 Å². The normalized spacial score (nSPS) is 19.0. The number of carbonyl (C=O) groups excluding carboxylic acids is 2. The minimum Gasteiger partial charge on any atom is -0.490 e. The Kier molecular flexibility index (Phi) is 9.59. The van der Waals surface area contributed by atoms with Gasteiger partial charge in [-0.1, -0.05) is 19.9 Å². The van der Waals surface area contributed by atoms with Crippen molar-refractivity contribution in [2.24, 2.45) is 5.73 Å². The average Bonchev–Trinajstić information content (AvgIpc) is 3.51. The molecule has 4 rings (SSSR count). The SMILES string of the molecule is CC.CC1CCC(C(=O)N(C)c2ccnc(C(N)=O)c2)O1.Fc1cccc(OC2CC2)c1. The number of likely N-dealkylation sites (N-methyl/N-ethyl adjacent to an activating group) is 1. The van der Waals surface area contributed by atoms with Gasteiger partial charge >= 0.3 is 0 Å². The number of aromatic nitrogens is 1. The first-order valence-electron chi connectivity index (χ1n) is 10.9. The van der Waals surface area contributed by atoms with E-state index in [1.54, 1.807) is 25.2 Å². The van der Waals surface area contributed by atoms with Crippen molar-refractivity contribution in [1.29, 1.82) is 0 Å². The number of benzene rings is 1. The molecule has 0 spiro atoms. The lowest BCUT2D eigenvalue weighted by molar-refractivity contribution is -0.128. The van der Waals surface area contributed by atoms with E-state index in [4.69, 9.17) is 15.2 Å². The third-order valence-electron chi connectivity index (χ3n) is 4.84. The Balaban J connectivity index is 0.000000236. The topological polar surface area (TPSA) is 94.8 Å². The van der Waals surface area contributed by atoms with Gasteiger partial charge in [0.15, 0.2) is 0 Å². The molecule has 7 nitrogen and oxygen atoms in total. The summed E-state index contributed by atoms with van der Waals surface area (Å²) in [4.78, 5) is 28.6. The van der Waals surface area contributed by atoms with E-state index in [0.717, 1.165) is 25.7 Å². The Bertz CT molecular complexity index is 904. The van der Waals surface area contributed by atoms with Crippen molar-refractivity contribution < 1.29 is 23.5 Å². The molecule has 2 atom stereocenters. The Morgan fingerprint density at radius 3 is 2.44 bits per heavy atom. The molecule has 174 valence electrons. The van der Waals surface area contributed by atoms with Gasteiger partial charge in [-0.2, -0.15) is 0 Å². The molecular weight excluding hydrogens is 413 g/mol. The zero-order valence-electron chi connectivity index (χ0n) is 19.1. The van der Waals surface area contributed by atoms with Crippen LogP contribution >= 0.6 is 0 Å². The molecule has 2 heterocycles. The van der Waals surface area contributed by atoms with E-state index in [0.29, 0.717) is 17.5 Å². The molecule has 8 heteroatoms. The number of nitrogens with zero attached hydrogens (tertiary/aromatic N) is 2. The number of hydrogen-bond acceptors (Lipinski definition) is 5. The first-order valence-corrected chi connectivity index (χ1v) is 10.9. The fourth-order valence-electron chi connectivity index (χ4n) is 3.01. The zero-order valence-corrected chi connectivity index (χ0v) is 19.1. The molecule has 2 aliphatic rings. The Morgan fingerprint density at radius 1 is 1.16 bits per heavy atom. The highest BCUT2D eigenvalue weighted by molar-refractivity contribution is 5.98. The monoisotopic (exact) mass is 445 g/mol. The van der Waals surface area contributed by atoms with Crippen molar-refractivity contribution >= 4 is 17.5 Å². The van der Waals surface area contributed by atoms with Gasteiger partial charge in [-0.3, -0.25) is 14.6 Å². The summed E-state index contributed by atoms with van der Waals surface area (Å²) in [6, 6.07) is 9.42. The molecule has 32 heavy (non-hydrogen) atoms. The first kappa shape index (κ1) is 25.3. The van der Waals surface area contributed by atoms with Crippen LogP contribution in [0.4, 0.5) is 10.1 Å². The second-order valence-corrected chi connectivity index (χ2v) is 7.45. The average molecular weight is 446 g/mol. The van der Waals surface area contributed by atoms with Crippen molar-refractivity contribution in [3.63, 3.8) is 0 Å². The molecule has 1 aliphatic carbocycles. The molecule has 0 bridgehead atoms. The van der Waals surface area contributed by atoms with Crippen LogP contribution in [0.1, 0.15) is 56.9 Å². The predicted octanol–water partition coefficient (Wildman–Crippen LogP) is 4.10. The number of anilines is 1. The van der Waals surface area contributed by atoms with Gasteiger partial charge in [-0.25, -0.2) is 4.39 Å². The van der Waals surface area contributed by atoms with Gasteiger partial charge < -0.3 is 20.1 Å². The van der Waals surface area contributed by atoms with Gasteiger partial charge in [0, 0.05) is 25.0 Å². The van der Waals surface area contributed by atoms with Crippen LogP contribution in [-0.2, 0) is 9.53 Å². The quantitative estimate of drug-likeness (QED) is 0.748. The van der Waals surface area contributed by atoms with E-state index in [1.165, 1.54) is 29.3 Å². The second-order valence-electron chi connectivity index (χ2n) is 7.45. The lowest BCUT2D eigenvalue weighted by Crippen LogP contribution is -2.36. The maximum absolute atomic E-state index is 12.6. The zero-order chi connectivity index (χ0) is 23.7. The largest absolute Gasteiger partial charge is 0.490 e. The van der Waals surface area contributed by atoms with Crippen LogP contribution in [0.15, 0.2) is 42.6 Å². The number of rotatable bonds is 5. The second kappa shape index (κ2) is 12.1. The Labute approximate surface area is 188 Å². The molecule has 2 fully saturated rings. The molecule has 1 saturated carbocycles. The van der Waals surface area contributed by atoms with Crippen molar-refractivity contribution in [3.8, 4) is 5.75 Å². The number of ether oxygens (including phenoxy) is 2. The summed E-state index contributed by atoms with van der Waals surface area (Å²) in [6.07, 6.45) is 5.32. The van der Waals surface area contributed by atoms with Crippen LogP contribution in [0.2, 0.25) is 0 Å². The number of pyridine rings is 1. The number of hydrogen-bond donors (Lipinski definition) is 1. The molecule has 2 N–H and O–H groups in total. The minimum absolute atomic E-state index is 0.112. The highest BCUT2D eigenvalue weighted by Crippen LogP contribution is 2.26. The standard InChI is InChI=1S/C13H17N3O3.C9H9FO.C2H6/c1-8-3-4-11(19-8)13(18)16(2)9-5-6-15-10(7-9)12(14)17;10-7-2-1-3-9(6-7)11-8-4-5-8;1-2/h5-8,11H,3-4H2,1-2H3,(H2,14,17);1-3,6,8H,4-5H2;1-2H3. The van der Waals surface area contributed by atoms with Gasteiger partial charge in [0.05, 0.1) is 12.2 Å². The third-order valence-corrected chi connectivity index (χ3v) is 4.84. The van der Waals surface area contributed by atoms with Crippen LogP contribution < -0.4 is 15.4 Å². The highest BCUT2D eigenvalue weighted by atomic mass is 19.1. The smallest absolute Gasteiger partial charge is 0.267 e. The maximum atomic E-state index is 12.6. The van der Waals surface area contributed by atoms with Crippen LogP contribution in [0, 0.1) is 5.82 Å². The van der Waals surface area contributed by atoms with Gasteiger partial charge in [-0.05, 0) is 56.9 Å². The van der Waals surface area contributed by atoms with Gasteiger partial charge in [0.25, 0.3) is 11.8 Å². The summed E-state index contributed by atoms with van der Waals surface area (Å²) in [5, 5.41) is 0. The highest BCUT2D eigenvalue weighted by Gasteiger charge is 2.31. The van der Waals surface area contributed by atoms with E-state index < -0.39 is 12.0 Å². The fraction of sp³-hybridized carbons (Fsp3) is 0.458. The van der Waals surface area contributed by atoms with Crippen LogP contribution in [-0.4, -0.2) is 42.2 Å². The maximum Gasteiger partial charge on any atom is 0.267 e. The van der Waals surface area contributed by atoms with E-state index in [1.807, 2.05) is 20.8 Å². The molecule has 1 saturated heterocycles. The van der Waals surface area contributed by atoms with Gasteiger partial charge in [0.2, 0.25) is 0 Å². The Hall–Kier alpha value is -3.00. The molecule has 1 aromatic carbocycles. The summed E-state index contributed by atoms with van der Waals surface area (Å²) in [5.74, 6) is -0.324. The Morgan fingerprint density at radius 2 is 1.88 bits per heavy atom. The van der Waals surface area contributed by atoms with E-state index in [-0.39, 0.29) is 23.5 Å². The van der Waals surface area contributed by atoms with E-state index >= 15 is 0 Å². The minimum atomic E-state index is -0.617. The van der Waals surface area contributed by atoms with E-state index in [2.05, 4.69) is 4.98 Å². The molecule has 2 unspecified atom stereocenters. The lowest BCUT2D eigenvalue weighted by atomic mass is 10.2. The fourth-order valence-corrected chi connectivity index (χ4v) is 3.01. The van der Waals surface area contributed by atoms with Gasteiger partial charge in [-0.15, -0.1) is 0 Å². The summed E-state index contributed by atoms with van der Waals surface area (Å²) in [5.41, 5.74) is 5.89. The summed E-state index contributed by atoms with van der Waals surface area (Å²) >= 11 is 0. The molecule has 2 aromatic rings. The number of nitrogens with two attached hydrogens (primary N) is 1. The summed E-state index contributed by atoms with van der Waals surface area (Å²) in [7, 11) is 1.65. The number of primary amides is 1. The third kappa shape index (κ3) is 7.60. The van der Waals surface area contributed by atoms with Crippen molar-refractivity contribution in [2.75, 3.05) is 11.9 Å². The molecular formula is C24H32FN3O4. The summed E-state index contributed by atoms with van der Waals surface area (Å²) < 4.78 is 23.5. The van der Waals surface area contributed by atoms with Crippen LogP contribution in [0.25, 0.3) is 0 Å². The first-order chi connectivity index (χ1) is 15.3. The number of halogens is 1. The molecule has 1 aromatic heterocycles. The number of amides is 2. The molecule has 0 radical (unpaired) electrons. The summed E-state index contributed by atoms with van der Waals surface area (Å²) in [6.45, 7) is 5.95. The lowest BCUT2D eigenvalue weighted by Gasteiger charge is -2.21. The van der Waals surface area contributed by atoms with E-state index in [9.17, 15) is 14.0 Å².